The summed E-state index contributed by atoms with van der Waals surface area (Å²) in [6.45, 7) is 13.2. The maximum atomic E-state index is 8.64. The molecule has 0 saturated carbocycles. The fraction of sp³-hybridized carbons (Fsp3) is 0.286. The molecule has 1 rings (SSSR count). The zero-order valence-electron chi connectivity index (χ0n) is 9.78. The summed E-state index contributed by atoms with van der Waals surface area (Å²) in [7, 11) is 0. The van der Waals surface area contributed by atoms with Crippen molar-refractivity contribution in [3.05, 3.63) is 52.5 Å². The van der Waals surface area contributed by atoms with Crippen LogP contribution in [0.3, 0.4) is 0 Å². The van der Waals surface area contributed by atoms with Gasteiger partial charge in [-0.05, 0) is 22.6 Å². The van der Waals surface area contributed by atoms with E-state index < -0.39 is 0 Å². The van der Waals surface area contributed by atoms with Gasteiger partial charge in [-0.15, -0.1) is 0 Å². The van der Waals surface area contributed by atoms with Crippen molar-refractivity contribution in [3.8, 4) is 6.07 Å². The van der Waals surface area contributed by atoms with Crippen LogP contribution in [0.15, 0.2) is 30.0 Å². The molecule has 0 unspecified atom stereocenters. The largest absolute Gasteiger partial charge is 0.262 e. The average Bonchev–Trinajstić information content (AvgIpc) is 2.25. The quantitative estimate of drug-likeness (QED) is 0.512. The first kappa shape index (κ1) is 12.0. The van der Waals surface area contributed by atoms with E-state index in [0.717, 1.165) is 5.56 Å². The van der Waals surface area contributed by atoms with Gasteiger partial charge in [-0.2, -0.15) is 0 Å². The maximum Gasteiger partial charge on any atom is 0.262 e. The van der Waals surface area contributed by atoms with Crippen molar-refractivity contribution >= 4 is 6.08 Å². The Balaban J connectivity index is 3.03. The SMILES string of the molecule is [C-]#[N+]/C(C#N)=C\c1ccc(C(C)(C)C)cc1. The molecule has 0 amide bonds. The molecule has 0 saturated heterocycles. The zero-order chi connectivity index (χ0) is 12.2. The Kier molecular flexibility index (Phi) is 3.48. The Bertz CT molecular complexity index is 457. The van der Waals surface area contributed by atoms with Gasteiger partial charge in [-0.25, -0.2) is 10.1 Å². The van der Waals surface area contributed by atoms with Gasteiger partial charge in [0.25, 0.3) is 5.70 Å². The highest BCUT2D eigenvalue weighted by Gasteiger charge is 2.12. The molecule has 0 aliphatic rings. The van der Waals surface area contributed by atoms with Crippen molar-refractivity contribution in [1.82, 2.24) is 0 Å². The summed E-state index contributed by atoms with van der Waals surface area (Å²) in [6.07, 6.45) is 1.60. The van der Waals surface area contributed by atoms with Crippen LogP contribution in [0, 0.1) is 17.9 Å². The highest BCUT2D eigenvalue weighted by atomic mass is 14.7. The van der Waals surface area contributed by atoms with Gasteiger partial charge in [0.2, 0.25) is 0 Å². The molecule has 0 bridgehead atoms. The molecular weight excluding hydrogens is 196 g/mol. The van der Waals surface area contributed by atoms with Gasteiger partial charge in [0, 0.05) is 0 Å². The number of nitriles is 1. The molecule has 0 heterocycles. The molecule has 2 heteroatoms. The molecule has 0 aliphatic carbocycles. The molecule has 0 aromatic heterocycles. The minimum atomic E-state index is 0.114. The van der Waals surface area contributed by atoms with Crippen molar-refractivity contribution < 1.29 is 0 Å². The van der Waals surface area contributed by atoms with E-state index in [1.807, 2.05) is 30.3 Å². The lowest BCUT2D eigenvalue weighted by molar-refractivity contribution is 0.590. The Morgan fingerprint density at radius 1 is 1.31 bits per heavy atom. The Labute approximate surface area is 96.7 Å². The molecular formula is C14H14N2. The van der Waals surface area contributed by atoms with Crippen molar-refractivity contribution in [3.63, 3.8) is 0 Å². The third-order valence-corrected chi connectivity index (χ3v) is 2.32. The second kappa shape index (κ2) is 4.64. The number of allylic oxidation sites excluding steroid dienone is 1. The van der Waals surface area contributed by atoms with Crippen LogP contribution >= 0.6 is 0 Å². The normalized spacial score (nSPS) is 11.7. The van der Waals surface area contributed by atoms with Crippen LogP contribution in [0.25, 0.3) is 10.9 Å². The molecule has 1 aromatic rings. The molecule has 16 heavy (non-hydrogen) atoms. The van der Waals surface area contributed by atoms with Crippen molar-refractivity contribution in [2.24, 2.45) is 0 Å². The van der Waals surface area contributed by atoms with Crippen molar-refractivity contribution in [2.75, 3.05) is 0 Å². The molecule has 0 aliphatic heterocycles. The van der Waals surface area contributed by atoms with Crippen molar-refractivity contribution in [1.29, 1.82) is 5.26 Å². The van der Waals surface area contributed by atoms with Crippen LogP contribution in [0.4, 0.5) is 0 Å². The third kappa shape index (κ3) is 2.97. The zero-order valence-corrected chi connectivity index (χ0v) is 9.78. The Hall–Kier alpha value is -2.06. The van der Waals surface area contributed by atoms with Crippen LogP contribution in [0.5, 0.6) is 0 Å². The second-order valence-electron chi connectivity index (χ2n) is 4.63. The Morgan fingerprint density at radius 3 is 2.25 bits per heavy atom. The lowest BCUT2D eigenvalue weighted by atomic mass is 9.87. The smallest absolute Gasteiger partial charge is 0.227 e. The molecule has 0 atom stereocenters. The molecule has 0 spiro atoms. The van der Waals surface area contributed by atoms with Crippen LogP contribution in [-0.2, 0) is 5.41 Å². The average molecular weight is 210 g/mol. The summed E-state index contributed by atoms with van der Waals surface area (Å²) >= 11 is 0. The molecule has 0 fully saturated rings. The van der Waals surface area contributed by atoms with Gasteiger partial charge in [-0.3, -0.25) is 0 Å². The van der Waals surface area contributed by atoms with Gasteiger partial charge in [0.1, 0.15) is 0 Å². The summed E-state index contributed by atoms with van der Waals surface area (Å²) in [4.78, 5) is 3.12. The van der Waals surface area contributed by atoms with E-state index in [-0.39, 0.29) is 11.1 Å². The monoisotopic (exact) mass is 210 g/mol. The fourth-order valence-corrected chi connectivity index (χ4v) is 1.33. The van der Waals surface area contributed by atoms with Gasteiger partial charge >= 0.3 is 0 Å². The van der Waals surface area contributed by atoms with E-state index in [4.69, 9.17) is 11.8 Å². The van der Waals surface area contributed by atoms with E-state index >= 15 is 0 Å². The first-order chi connectivity index (χ1) is 7.47. The number of nitrogens with zero attached hydrogens (tertiary/aromatic N) is 2. The minimum Gasteiger partial charge on any atom is -0.227 e. The number of rotatable bonds is 1. The highest BCUT2D eigenvalue weighted by molar-refractivity contribution is 5.59. The first-order valence-corrected chi connectivity index (χ1v) is 5.07. The number of hydrogen-bond donors (Lipinski definition) is 0. The van der Waals surface area contributed by atoms with E-state index in [1.54, 1.807) is 6.08 Å². The fourth-order valence-electron chi connectivity index (χ4n) is 1.33. The summed E-state index contributed by atoms with van der Waals surface area (Å²) in [5.74, 6) is 0. The number of benzene rings is 1. The van der Waals surface area contributed by atoms with Crippen molar-refractivity contribution in [2.45, 2.75) is 26.2 Å². The van der Waals surface area contributed by atoms with Crippen LogP contribution in [-0.4, -0.2) is 0 Å². The predicted molar refractivity (Wildman–Crippen MR) is 65.3 cm³/mol. The summed E-state index contributed by atoms with van der Waals surface area (Å²) < 4.78 is 0. The summed E-state index contributed by atoms with van der Waals surface area (Å²) in [5, 5.41) is 8.64. The highest BCUT2D eigenvalue weighted by Crippen LogP contribution is 2.22. The molecule has 0 radical (unpaired) electrons. The lowest BCUT2D eigenvalue weighted by Gasteiger charge is -2.18. The number of hydrogen-bond acceptors (Lipinski definition) is 1. The third-order valence-electron chi connectivity index (χ3n) is 2.32. The van der Waals surface area contributed by atoms with E-state index in [0.29, 0.717) is 0 Å². The van der Waals surface area contributed by atoms with Gasteiger partial charge < -0.3 is 0 Å². The molecule has 1 aromatic carbocycles. The van der Waals surface area contributed by atoms with Gasteiger partial charge in [0.15, 0.2) is 0 Å². The topological polar surface area (TPSA) is 28.1 Å². The predicted octanol–water partition coefficient (Wildman–Crippen LogP) is 3.77. The van der Waals surface area contributed by atoms with E-state index in [9.17, 15) is 0 Å². The minimum absolute atomic E-state index is 0.114. The van der Waals surface area contributed by atoms with Crippen LogP contribution in [0.1, 0.15) is 31.9 Å². The Morgan fingerprint density at radius 2 is 1.88 bits per heavy atom. The lowest BCUT2D eigenvalue weighted by Crippen LogP contribution is -2.10. The second-order valence-corrected chi connectivity index (χ2v) is 4.63. The molecule has 2 nitrogen and oxygen atoms in total. The van der Waals surface area contributed by atoms with E-state index in [2.05, 4.69) is 25.6 Å². The molecule has 0 N–H and O–H groups in total. The summed E-state index contributed by atoms with van der Waals surface area (Å²) in [6, 6.07) is 9.78. The van der Waals surface area contributed by atoms with Crippen LogP contribution < -0.4 is 0 Å². The first-order valence-electron chi connectivity index (χ1n) is 5.07. The molecule has 80 valence electrons. The van der Waals surface area contributed by atoms with Gasteiger partial charge in [-0.1, -0.05) is 45.0 Å². The van der Waals surface area contributed by atoms with E-state index in [1.165, 1.54) is 5.56 Å². The standard InChI is InChI=1S/C14H14N2/c1-14(2,3)12-7-5-11(6-8-12)9-13(10-15)16-4/h5-9H,1-3H3/b13-9-. The summed E-state index contributed by atoms with van der Waals surface area (Å²) in [5.41, 5.74) is 2.37. The maximum absolute atomic E-state index is 8.64. The van der Waals surface area contributed by atoms with Crippen LogP contribution in [0.2, 0.25) is 0 Å². The van der Waals surface area contributed by atoms with Gasteiger partial charge in [0.05, 0.1) is 12.6 Å².